The summed E-state index contributed by atoms with van der Waals surface area (Å²) in [4.78, 5) is 0. The monoisotopic (exact) mass is 310 g/mol. The first-order valence-electron chi connectivity index (χ1n) is 9.80. The highest BCUT2D eigenvalue weighted by molar-refractivity contribution is 4.84. The Kier molecular flexibility index (Phi) is 7.70. The molecule has 0 amide bonds. The molecule has 2 heteroatoms. The van der Waals surface area contributed by atoms with E-state index in [1.54, 1.807) is 0 Å². The van der Waals surface area contributed by atoms with Gasteiger partial charge in [-0.3, -0.25) is 0 Å². The molecule has 2 saturated carbocycles. The van der Waals surface area contributed by atoms with Crippen molar-refractivity contribution < 1.29 is 9.47 Å². The maximum atomic E-state index is 6.36. The van der Waals surface area contributed by atoms with Gasteiger partial charge < -0.3 is 9.47 Å². The Labute approximate surface area is 138 Å². The Morgan fingerprint density at radius 3 is 2.05 bits per heavy atom. The Balaban J connectivity index is 1.66. The van der Waals surface area contributed by atoms with Gasteiger partial charge in [0.1, 0.15) is 0 Å². The van der Waals surface area contributed by atoms with E-state index in [1.807, 2.05) is 7.11 Å². The fourth-order valence-corrected chi connectivity index (χ4v) is 4.54. The third-order valence-electron chi connectivity index (χ3n) is 6.52. The van der Waals surface area contributed by atoms with Gasteiger partial charge in [0.15, 0.2) is 0 Å². The maximum absolute atomic E-state index is 6.36. The van der Waals surface area contributed by atoms with Crippen molar-refractivity contribution in [1.29, 1.82) is 0 Å². The Hall–Kier alpha value is -0.0800. The molecule has 0 aliphatic heterocycles. The molecule has 2 aliphatic carbocycles. The van der Waals surface area contributed by atoms with Crippen LogP contribution < -0.4 is 0 Å². The van der Waals surface area contributed by atoms with Crippen LogP contribution in [0, 0.1) is 23.7 Å². The lowest BCUT2D eigenvalue weighted by atomic mass is 9.77. The number of unbranched alkanes of at least 4 members (excludes halogenated alkanes) is 1. The molecule has 2 aliphatic rings. The molecule has 4 atom stereocenters. The van der Waals surface area contributed by atoms with Gasteiger partial charge in [0.25, 0.3) is 0 Å². The Bertz CT molecular complexity index is 296. The van der Waals surface area contributed by atoms with Crippen molar-refractivity contribution in [3.8, 4) is 0 Å². The van der Waals surface area contributed by atoms with Crippen molar-refractivity contribution in [2.45, 2.75) is 90.8 Å². The quantitative estimate of drug-likeness (QED) is 0.622. The van der Waals surface area contributed by atoms with Gasteiger partial charge in [-0.05, 0) is 49.4 Å². The van der Waals surface area contributed by atoms with E-state index in [0.29, 0.717) is 24.0 Å². The van der Waals surface area contributed by atoms with Crippen LogP contribution in [0.4, 0.5) is 0 Å². The third kappa shape index (κ3) is 4.96. The van der Waals surface area contributed by atoms with Crippen LogP contribution in [0.1, 0.15) is 78.6 Å². The second-order valence-electron chi connectivity index (χ2n) is 7.97. The summed E-state index contributed by atoms with van der Waals surface area (Å²) in [6.45, 7) is 7.98. The van der Waals surface area contributed by atoms with E-state index in [4.69, 9.17) is 9.47 Å². The molecule has 2 nitrogen and oxygen atoms in total. The molecule has 2 rings (SSSR count). The van der Waals surface area contributed by atoms with Gasteiger partial charge >= 0.3 is 0 Å². The third-order valence-corrected chi connectivity index (χ3v) is 6.52. The first kappa shape index (κ1) is 18.3. The molecule has 0 radical (unpaired) electrons. The van der Waals surface area contributed by atoms with Crippen LogP contribution in [0.3, 0.4) is 0 Å². The van der Waals surface area contributed by atoms with Crippen LogP contribution in [0.25, 0.3) is 0 Å². The molecule has 0 bridgehead atoms. The molecule has 130 valence electrons. The minimum atomic E-state index is 0.434. The van der Waals surface area contributed by atoms with Crippen molar-refractivity contribution >= 4 is 0 Å². The zero-order valence-corrected chi connectivity index (χ0v) is 15.4. The summed E-state index contributed by atoms with van der Waals surface area (Å²) in [5, 5.41) is 0. The first-order valence-corrected chi connectivity index (χ1v) is 9.80. The summed E-state index contributed by atoms with van der Waals surface area (Å²) < 4.78 is 12.0. The van der Waals surface area contributed by atoms with Crippen LogP contribution in [-0.2, 0) is 9.47 Å². The van der Waals surface area contributed by atoms with Crippen LogP contribution in [0.15, 0.2) is 0 Å². The van der Waals surface area contributed by atoms with Crippen LogP contribution >= 0.6 is 0 Å². The minimum absolute atomic E-state index is 0.434. The predicted molar refractivity (Wildman–Crippen MR) is 93.1 cm³/mol. The van der Waals surface area contributed by atoms with Gasteiger partial charge in [0, 0.05) is 13.7 Å². The van der Waals surface area contributed by atoms with E-state index in [1.165, 1.54) is 51.4 Å². The van der Waals surface area contributed by atoms with E-state index in [-0.39, 0.29) is 0 Å². The van der Waals surface area contributed by atoms with Crippen LogP contribution in [0.2, 0.25) is 0 Å². The summed E-state index contributed by atoms with van der Waals surface area (Å²) in [5.74, 6) is 3.07. The summed E-state index contributed by atoms with van der Waals surface area (Å²) >= 11 is 0. The molecule has 0 spiro atoms. The predicted octanol–water partition coefficient (Wildman–Crippen LogP) is 5.45. The van der Waals surface area contributed by atoms with Gasteiger partial charge in [-0.25, -0.2) is 0 Å². The summed E-state index contributed by atoms with van der Waals surface area (Å²) in [6.07, 6.45) is 13.1. The van der Waals surface area contributed by atoms with Gasteiger partial charge in [-0.2, -0.15) is 0 Å². The molecule has 0 saturated heterocycles. The number of hydrogen-bond acceptors (Lipinski definition) is 2. The van der Waals surface area contributed by atoms with E-state index in [9.17, 15) is 0 Å². The number of hydrogen-bond donors (Lipinski definition) is 0. The van der Waals surface area contributed by atoms with E-state index < -0.39 is 0 Å². The van der Waals surface area contributed by atoms with E-state index in [0.717, 1.165) is 24.9 Å². The number of rotatable bonds is 7. The normalized spacial score (nSPS) is 39.8. The maximum Gasteiger partial charge on any atom is 0.0605 e. The van der Waals surface area contributed by atoms with Crippen molar-refractivity contribution in [2.24, 2.45) is 23.7 Å². The largest absolute Gasteiger partial charge is 0.381 e. The lowest BCUT2D eigenvalue weighted by Gasteiger charge is -2.40. The summed E-state index contributed by atoms with van der Waals surface area (Å²) in [6, 6.07) is 0. The molecule has 0 aromatic heterocycles. The SMILES string of the molecule is CCCCC1CCC(COC2CCC(OC)C(C)C2C)CC1. The zero-order valence-electron chi connectivity index (χ0n) is 15.4. The second-order valence-corrected chi connectivity index (χ2v) is 7.97. The molecular formula is C20H38O2. The van der Waals surface area contributed by atoms with Crippen molar-refractivity contribution in [2.75, 3.05) is 13.7 Å². The zero-order chi connectivity index (χ0) is 15.9. The Morgan fingerprint density at radius 2 is 1.41 bits per heavy atom. The Morgan fingerprint density at radius 1 is 0.818 bits per heavy atom. The lowest BCUT2D eigenvalue weighted by molar-refractivity contribution is -0.0889. The highest BCUT2D eigenvalue weighted by atomic mass is 16.5. The average molecular weight is 311 g/mol. The number of methoxy groups -OCH3 is 1. The van der Waals surface area contributed by atoms with Gasteiger partial charge in [0.05, 0.1) is 12.2 Å². The highest BCUT2D eigenvalue weighted by Crippen LogP contribution is 2.36. The molecule has 4 unspecified atom stereocenters. The van der Waals surface area contributed by atoms with Gasteiger partial charge in [-0.1, -0.05) is 52.9 Å². The minimum Gasteiger partial charge on any atom is -0.381 e. The molecule has 2 fully saturated rings. The van der Waals surface area contributed by atoms with Gasteiger partial charge in [0.2, 0.25) is 0 Å². The molecular weight excluding hydrogens is 272 g/mol. The standard InChI is InChI=1S/C20H38O2/c1-5-6-7-17-8-10-18(11-9-17)14-22-20-13-12-19(21-4)15(2)16(20)3/h15-20H,5-14H2,1-4H3. The van der Waals surface area contributed by atoms with Crippen LogP contribution in [0.5, 0.6) is 0 Å². The fourth-order valence-electron chi connectivity index (χ4n) is 4.54. The van der Waals surface area contributed by atoms with E-state index >= 15 is 0 Å². The topological polar surface area (TPSA) is 18.5 Å². The highest BCUT2D eigenvalue weighted by Gasteiger charge is 2.35. The van der Waals surface area contributed by atoms with Crippen molar-refractivity contribution in [3.63, 3.8) is 0 Å². The first-order chi connectivity index (χ1) is 10.7. The van der Waals surface area contributed by atoms with Crippen molar-refractivity contribution in [1.82, 2.24) is 0 Å². The smallest absolute Gasteiger partial charge is 0.0605 e. The molecule has 0 heterocycles. The van der Waals surface area contributed by atoms with Gasteiger partial charge in [-0.15, -0.1) is 0 Å². The lowest BCUT2D eigenvalue weighted by Crippen LogP contribution is -2.40. The molecule has 0 aromatic rings. The fraction of sp³-hybridized carbons (Fsp3) is 1.00. The van der Waals surface area contributed by atoms with Crippen LogP contribution in [-0.4, -0.2) is 25.9 Å². The molecule has 0 aromatic carbocycles. The molecule has 22 heavy (non-hydrogen) atoms. The second kappa shape index (κ2) is 9.27. The summed E-state index contributed by atoms with van der Waals surface area (Å²) in [5.41, 5.74) is 0. The van der Waals surface area contributed by atoms with Crippen molar-refractivity contribution in [3.05, 3.63) is 0 Å². The summed E-state index contributed by atoms with van der Waals surface area (Å²) in [7, 11) is 1.85. The average Bonchev–Trinajstić information content (AvgIpc) is 2.55. The number of ether oxygens (including phenoxy) is 2. The molecule has 0 N–H and O–H groups in total. The van der Waals surface area contributed by atoms with E-state index in [2.05, 4.69) is 20.8 Å².